The first-order valence-electron chi connectivity index (χ1n) is 6.11. The van der Waals surface area contributed by atoms with Crippen LogP contribution in [-0.2, 0) is 0 Å². The largest absolute Gasteiger partial charge is 0.493 e. The first-order valence-corrected chi connectivity index (χ1v) is 6.11. The standard InChI is InChI=1S/C14H21FO2/c1-10(2)5-4-8-17-12-6-7-13(11(3)16)14(15)9-12/h6-7,9-11,16H,4-5,8H2,1-3H3/t11-/m0/s1. The van der Waals surface area contributed by atoms with E-state index in [4.69, 9.17) is 4.74 Å². The fourth-order valence-corrected chi connectivity index (χ4v) is 1.62. The highest BCUT2D eigenvalue weighted by molar-refractivity contribution is 5.29. The van der Waals surface area contributed by atoms with Crippen LogP contribution < -0.4 is 4.74 Å². The molecule has 1 atom stereocenters. The number of aliphatic hydroxyl groups excluding tert-OH is 1. The van der Waals surface area contributed by atoms with Crippen molar-refractivity contribution in [1.29, 1.82) is 0 Å². The Balaban J connectivity index is 2.47. The molecule has 1 rings (SSSR count). The number of rotatable bonds is 6. The van der Waals surface area contributed by atoms with Gasteiger partial charge in [0, 0.05) is 11.6 Å². The summed E-state index contributed by atoms with van der Waals surface area (Å²) in [5.74, 6) is 0.768. The van der Waals surface area contributed by atoms with Crippen molar-refractivity contribution in [2.45, 2.75) is 39.7 Å². The summed E-state index contributed by atoms with van der Waals surface area (Å²) in [6.07, 6.45) is 1.29. The molecular weight excluding hydrogens is 219 g/mol. The van der Waals surface area contributed by atoms with Crippen LogP contribution in [0.25, 0.3) is 0 Å². The third-order valence-electron chi connectivity index (χ3n) is 2.62. The minimum atomic E-state index is -0.787. The molecule has 0 saturated heterocycles. The zero-order valence-electron chi connectivity index (χ0n) is 10.7. The molecular formula is C14H21FO2. The predicted octanol–water partition coefficient (Wildman–Crippen LogP) is 3.69. The van der Waals surface area contributed by atoms with E-state index in [0.717, 1.165) is 12.8 Å². The number of halogens is 1. The number of ether oxygens (including phenoxy) is 1. The monoisotopic (exact) mass is 240 g/mol. The second kappa shape index (κ2) is 6.60. The van der Waals surface area contributed by atoms with Gasteiger partial charge in [-0.1, -0.05) is 13.8 Å². The minimum Gasteiger partial charge on any atom is -0.493 e. The van der Waals surface area contributed by atoms with Crippen LogP contribution in [0.2, 0.25) is 0 Å². The van der Waals surface area contributed by atoms with Gasteiger partial charge in [-0.3, -0.25) is 0 Å². The van der Waals surface area contributed by atoms with E-state index in [-0.39, 0.29) is 0 Å². The Morgan fingerprint density at radius 1 is 1.29 bits per heavy atom. The molecule has 0 unspecified atom stereocenters. The molecule has 1 N–H and O–H groups in total. The second-order valence-electron chi connectivity index (χ2n) is 4.74. The quantitative estimate of drug-likeness (QED) is 0.768. The van der Waals surface area contributed by atoms with E-state index >= 15 is 0 Å². The Morgan fingerprint density at radius 2 is 2.00 bits per heavy atom. The molecule has 0 saturated carbocycles. The lowest BCUT2D eigenvalue weighted by molar-refractivity contribution is 0.194. The molecule has 0 heterocycles. The summed E-state index contributed by atoms with van der Waals surface area (Å²) >= 11 is 0. The number of hydrogen-bond acceptors (Lipinski definition) is 2. The van der Waals surface area contributed by atoms with E-state index in [2.05, 4.69) is 13.8 Å². The highest BCUT2D eigenvalue weighted by Gasteiger charge is 2.08. The average Bonchev–Trinajstić information content (AvgIpc) is 2.23. The summed E-state index contributed by atoms with van der Waals surface area (Å²) in [6.45, 7) is 6.47. The van der Waals surface area contributed by atoms with Crippen molar-refractivity contribution in [1.82, 2.24) is 0 Å². The van der Waals surface area contributed by atoms with Crippen LogP contribution in [0.4, 0.5) is 4.39 Å². The van der Waals surface area contributed by atoms with Crippen molar-refractivity contribution >= 4 is 0 Å². The molecule has 0 spiro atoms. The van der Waals surface area contributed by atoms with Crippen LogP contribution in [0.5, 0.6) is 5.75 Å². The van der Waals surface area contributed by atoms with Gasteiger partial charge in [0.2, 0.25) is 0 Å². The summed E-state index contributed by atoms with van der Waals surface area (Å²) < 4.78 is 18.9. The smallest absolute Gasteiger partial charge is 0.132 e. The molecule has 0 fully saturated rings. The van der Waals surface area contributed by atoms with Crippen LogP contribution in [0.1, 0.15) is 45.3 Å². The maximum atomic E-state index is 13.5. The van der Waals surface area contributed by atoms with E-state index in [0.29, 0.717) is 23.8 Å². The summed E-state index contributed by atoms with van der Waals surface area (Å²) in [7, 11) is 0. The lowest BCUT2D eigenvalue weighted by Crippen LogP contribution is -2.01. The highest BCUT2D eigenvalue weighted by Crippen LogP contribution is 2.21. The van der Waals surface area contributed by atoms with E-state index in [1.807, 2.05) is 0 Å². The zero-order chi connectivity index (χ0) is 12.8. The van der Waals surface area contributed by atoms with Gasteiger partial charge < -0.3 is 9.84 Å². The molecule has 17 heavy (non-hydrogen) atoms. The van der Waals surface area contributed by atoms with Gasteiger partial charge in [0.25, 0.3) is 0 Å². The van der Waals surface area contributed by atoms with Gasteiger partial charge in [-0.2, -0.15) is 0 Å². The zero-order valence-corrected chi connectivity index (χ0v) is 10.7. The van der Waals surface area contributed by atoms with E-state index < -0.39 is 11.9 Å². The fraction of sp³-hybridized carbons (Fsp3) is 0.571. The van der Waals surface area contributed by atoms with Gasteiger partial charge in [-0.05, 0) is 37.8 Å². The Kier molecular flexibility index (Phi) is 5.42. The first kappa shape index (κ1) is 14.0. The number of hydrogen-bond donors (Lipinski definition) is 1. The Bertz CT molecular complexity index is 348. The van der Waals surface area contributed by atoms with Gasteiger partial charge in [-0.25, -0.2) is 4.39 Å². The van der Waals surface area contributed by atoms with Crippen LogP contribution in [0.15, 0.2) is 18.2 Å². The van der Waals surface area contributed by atoms with Crippen LogP contribution in [0, 0.1) is 11.7 Å². The Labute approximate surface area is 102 Å². The molecule has 0 aromatic heterocycles. The maximum absolute atomic E-state index is 13.5. The lowest BCUT2D eigenvalue weighted by atomic mass is 10.1. The molecule has 0 bridgehead atoms. The van der Waals surface area contributed by atoms with Crippen LogP contribution in [-0.4, -0.2) is 11.7 Å². The van der Waals surface area contributed by atoms with Gasteiger partial charge >= 0.3 is 0 Å². The van der Waals surface area contributed by atoms with Crippen LogP contribution in [0.3, 0.4) is 0 Å². The van der Waals surface area contributed by atoms with Gasteiger partial charge in [0.1, 0.15) is 11.6 Å². The molecule has 1 aromatic carbocycles. The minimum absolute atomic E-state index is 0.305. The van der Waals surface area contributed by atoms with Gasteiger partial charge in [0.15, 0.2) is 0 Å². The predicted molar refractivity (Wildman–Crippen MR) is 66.6 cm³/mol. The summed E-state index contributed by atoms with van der Waals surface area (Å²) in [5, 5.41) is 9.29. The molecule has 0 amide bonds. The van der Waals surface area contributed by atoms with Crippen molar-refractivity contribution in [3.63, 3.8) is 0 Å². The van der Waals surface area contributed by atoms with E-state index in [1.165, 1.54) is 6.07 Å². The van der Waals surface area contributed by atoms with Crippen molar-refractivity contribution < 1.29 is 14.2 Å². The summed E-state index contributed by atoms with van der Waals surface area (Å²) in [5.41, 5.74) is 0.305. The molecule has 0 aliphatic carbocycles. The van der Waals surface area contributed by atoms with Crippen molar-refractivity contribution in [3.05, 3.63) is 29.6 Å². The Hall–Kier alpha value is -1.09. The molecule has 1 aromatic rings. The van der Waals surface area contributed by atoms with Crippen molar-refractivity contribution in [3.8, 4) is 5.75 Å². The van der Waals surface area contributed by atoms with Crippen molar-refractivity contribution in [2.75, 3.05) is 6.61 Å². The van der Waals surface area contributed by atoms with E-state index in [9.17, 15) is 9.50 Å². The summed E-state index contributed by atoms with van der Waals surface area (Å²) in [6, 6.07) is 4.59. The molecule has 0 radical (unpaired) electrons. The molecule has 2 nitrogen and oxygen atoms in total. The SMILES string of the molecule is CC(C)CCCOc1ccc([C@H](C)O)c(F)c1. The van der Waals surface area contributed by atoms with Gasteiger partial charge in [-0.15, -0.1) is 0 Å². The number of aliphatic hydroxyl groups is 1. The average molecular weight is 240 g/mol. The van der Waals surface area contributed by atoms with Crippen LogP contribution >= 0.6 is 0 Å². The molecule has 0 aliphatic rings. The van der Waals surface area contributed by atoms with Crippen molar-refractivity contribution in [2.24, 2.45) is 5.92 Å². The summed E-state index contributed by atoms with van der Waals surface area (Å²) in [4.78, 5) is 0. The third-order valence-corrected chi connectivity index (χ3v) is 2.62. The molecule has 96 valence electrons. The third kappa shape index (κ3) is 4.73. The lowest BCUT2D eigenvalue weighted by Gasteiger charge is -2.10. The van der Waals surface area contributed by atoms with E-state index in [1.54, 1.807) is 19.1 Å². The highest BCUT2D eigenvalue weighted by atomic mass is 19.1. The Morgan fingerprint density at radius 3 is 2.53 bits per heavy atom. The normalized spacial score (nSPS) is 12.8. The molecule has 0 aliphatic heterocycles. The number of benzene rings is 1. The molecule has 3 heteroatoms. The first-order chi connectivity index (χ1) is 8.00. The topological polar surface area (TPSA) is 29.5 Å². The maximum Gasteiger partial charge on any atom is 0.132 e. The van der Waals surface area contributed by atoms with Gasteiger partial charge in [0.05, 0.1) is 12.7 Å². The fourth-order valence-electron chi connectivity index (χ4n) is 1.62. The second-order valence-corrected chi connectivity index (χ2v) is 4.74.